The third kappa shape index (κ3) is 3.34. The first-order valence-corrected chi connectivity index (χ1v) is 5.92. The van der Waals surface area contributed by atoms with E-state index in [1.165, 1.54) is 12.1 Å². The summed E-state index contributed by atoms with van der Waals surface area (Å²) in [4.78, 5) is 0. The van der Waals surface area contributed by atoms with Crippen molar-refractivity contribution in [3.63, 3.8) is 0 Å². The average molecular weight is 209 g/mol. The Balaban J connectivity index is 2.61. The quantitative estimate of drug-likeness (QED) is 0.729. The van der Waals surface area contributed by atoms with Gasteiger partial charge in [-0.05, 0) is 39.3 Å². The molecule has 1 atom stereocenters. The van der Waals surface area contributed by atoms with Gasteiger partial charge in [-0.25, -0.2) is 0 Å². The number of hydrogen-bond acceptors (Lipinski definition) is 2. The largest absolute Gasteiger partial charge is 0.315 e. The molecule has 0 spiro atoms. The standard InChI is InChI=1S/C12H23N3/c1-5-7-13-9-12(6-2)15-11(4)8-10(3)14-15/h8,12-13H,5-7,9H2,1-4H3. The summed E-state index contributed by atoms with van der Waals surface area (Å²) in [5.74, 6) is 0. The Morgan fingerprint density at radius 1 is 1.40 bits per heavy atom. The summed E-state index contributed by atoms with van der Waals surface area (Å²) < 4.78 is 2.15. The van der Waals surface area contributed by atoms with Gasteiger partial charge in [0.15, 0.2) is 0 Å². The third-order valence-corrected chi connectivity index (χ3v) is 2.67. The summed E-state index contributed by atoms with van der Waals surface area (Å²) in [5.41, 5.74) is 2.37. The molecule has 1 rings (SSSR count). The summed E-state index contributed by atoms with van der Waals surface area (Å²) in [6, 6.07) is 2.63. The Bertz CT molecular complexity index is 291. The van der Waals surface area contributed by atoms with E-state index >= 15 is 0 Å². The second-order valence-electron chi connectivity index (χ2n) is 4.14. The second kappa shape index (κ2) is 5.91. The van der Waals surface area contributed by atoms with Crippen molar-refractivity contribution < 1.29 is 0 Å². The average Bonchev–Trinajstić information content (AvgIpc) is 2.53. The lowest BCUT2D eigenvalue weighted by atomic mass is 10.2. The molecule has 0 saturated heterocycles. The molecular formula is C12H23N3. The predicted molar refractivity (Wildman–Crippen MR) is 64.2 cm³/mol. The summed E-state index contributed by atoms with van der Waals surface area (Å²) in [7, 11) is 0. The third-order valence-electron chi connectivity index (χ3n) is 2.67. The zero-order chi connectivity index (χ0) is 11.3. The molecule has 0 aliphatic carbocycles. The molecule has 0 fully saturated rings. The van der Waals surface area contributed by atoms with E-state index in [1.807, 2.05) is 0 Å². The molecule has 0 bridgehead atoms. The normalized spacial score (nSPS) is 13.1. The maximum Gasteiger partial charge on any atom is 0.0644 e. The van der Waals surface area contributed by atoms with Crippen LogP contribution >= 0.6 is 0 Å². The lowest BCUT2D eigenvalue weighted by molar-refractivity contribution is 0.404. The predicted octanol–water partition coefficient (Wildman–Crippen LogP) is 2.45. The topological polar surface area (TPSA) is 29.9 Å². The minimum absolute atomic E-state index is 0.491. The van der Waals surface area contributed by atoms with Gasteiger partial charge in [0.25, 0.3) is 0 Å². The van der Waals surface area contributed by atoms with Crippen molar-refractivity contribution >= 4 is 0 Å². The summed E-state index contributed by atoms with van der Waals surface area (Å²) >= 11 is 0. The Labute approximate surface area is 92.9 Å². The van der Waals surface area contributed by atoms with Crippen LogP contribution in [0.1, 0.15) is 44.1 Å². The van der Waals surface area contributed by atoms with Gasteiger partial charge in [0.2, 0.25) is 0 Å². The fraction of sp³-hybridized carbons (Fsp3) is 0.750. The molecule has 15 heavy (non-hydrogen) atoms. The summed E-state index contributed by atoms with van der Waals surface area (Å²) in [6.45, 7) is 10.7. The molecule has 1 heterocycles. The molecular weight excluding hydrogens is 186 g/mol. The number of nitrogens with one attached hydrogen (secondary N) is 1. The second-order valence-corrected chi connectivity index (χ2v) is 4.14. The Kier molecular flexibility index (Phi) is 4.82. The van der Waals surface area contributed by atoms with Gasteiger partial charge in [-0.2, -0.15) is 5.10 Å². The van der Waals surface area contributed by atoms with Crippen LogP contribution < -0.4 is 5.32 Å². The SMILES string of the molecule is CCCNCC(CC)n1nc(C)cc1C. The first-order valence-electron chi connectivity index (χ1n) is 5.92. The molecule has 1 N–H and O–H groups in total. The van der Waals surface area contributed by atoms with E-state index in [-0.39, 0.29) is 0 Å². The smallest absolute Gasteiger partial charge is 0.0644 e. The highest BCUT2D eigenvalue weighted by Gasteiger charge is 2.11. The van der Waals surface area contributed by atoms with Gasteiger partial charge in [-0.1, -0.05) is 13.8 Å². The van der Waals surface area contributed by atoms with Crippen LogP contribution in [0.4, 0.5) is 0 Å². The van der Waals surface area contributed by atoms with Crippen LogP contribution in [0.3, 0.4) is 0 Å². The van der Waals surface area contributed by atoms with Crippen molar-refractivity contribution in [2.24, 2.45) is 0 Å². The zero-order valence-electron chi connectivity index (χ0n) is 10.4. The molecule has 86 valence electrons. The molecule has 0 aliphatic heterocycles. The van der Waals surface area contributed by atoms with Crippen LogP contribution in [0, 0.1) is 13.8 Å². The molecule has 0 aliphatic rings. The molecule has 0 radical (unpaired) electrons. The first kappa shape index (κ1) is 12.2. The molecule has 0 aromatic carbocycles. The Hall–Kier alpha value is -0.830. The van der Waals surface area contributed by atoms with Gasteiger partial charge in [-0.15, -0.1) is 0 Å². The van der Waals surface area contributed by atoms with Gasteiger partial charge in [0.1, 0.15) is 0 Å². The van der Waals surface area contributed by atoms with E-state index in [0.717, 1.165) is 25.2 Å². The first-order chi connectivity index (χ1) is 7.19. The molecule has 1 unspecified atom stereocenters. The maximum absolute atomic E-state index is 4.54. The number of nitrogens with zero attached hydrogens (tertiary/aromatic N) is 2. The molecule has 1 aromatic heterocycles. The van der Waals surface area contributed by atoms with Crippen molar-refractivity contribution in [3.05, 3.63) is 17.5 Å². The summed E-state index contributed by atoms with van der Waals surface area (Å²) in [6.07, 6.45) is 2.31. The highest BCUT2D eigenvalue weighted by atomic mass is 15.3. The minimum Gasteiger partial charge on any atom is -0.315 e. The Morgan fingerprint density at radius 2 is 2.13 bits per heavy atom. The minimum atomic E-state index is 0.491. The number of rotatable bonds is 6. The van der Waals surface area contributed by atoms with E-state index < -0.39 is 0 Å². The van der Waals surface area contributed by atoms with Crippen LogP contribution in [-0.2, 0) is 0 Å². The Morgan fingerprint density at radius 3 is 2.60 bits per heavy atom. The van der Waals surface area contributed by atoms with Crippen LogP contribution in [-0.4, -0.2) is 22.9 Å². The van der Waals surface area contributed by atoms with E-state index in [2.05, 4.69) is 48.9 Å². The van der Waals surface area contributed by atoms with E-state index in [4.69, 9.17) is 0 Å². The van der Waals surface area contributed by atoms with Crippen LogP contribution in [0.15, 0.2) is 6.07 Å². The molecule has 3 nitrogen and oxygen atoms in total. The van der Waals surface area contributed by atoms with Crippen molar-refractivity contribution in [1.82, 2.24) is 15.1 Å². The highest BCUT2D eigenvalue weighted by Crippen LogP contribution is 2.13. The maximum atomic E-state index is 4.54. The molecule has 1 aromatic rings. The van der Waals surface area contributed by atoms with Gasteiger partial charge in [0, 0.05) is 12.2 Å². The molecule has 0 saturated carbocycles. The summed E-state index contributed by atoms with van der Waals surface area (Å²) in [5, 5.41) is 8.00. The van der Waals surface area contributed by atoms with Gasteiger partial charge < -0.3 is 5.32 Å². The van der Waals surface area contributed by atoms with Crippen molar-refractivity contribution in [2.45, 2.75) is 46.6 Å². The lowest BCUT2D eigenvalue weighted by Gasteiger charge is -2.18. The van der Waals surface area contributed by atoms with Crippen LogP contribution in [0.5, 0.6) is 0 Å². The highest BCUT2D eigenvalue weighted by molar-refractivity contribution is 5.07. The van der Waals surface area contributed by atoms with E-state index in [9.17, 15) is 0 Å². The van der Waals surface area contributed by atoms with Crippen LogP contribution in [0.25, 0.3) is 0 Å². The molecule has 0 amide bonds. The van der Waals surface area contributed by atoms with Crippen LogP contribution in [0.2, 0.25) is 0 Å². The zero-order valence-corrected chi connectivity index (χ0v) is 10.4. The monoisotopic (exact) mass is 209 g/mol. The van der Waals surface area contributed by atoms with Crippen molar-refractivity contribution in [2.75, 3.05) is 13.1 Å². The number of hydrogen-bond donors (Lipinski definition) is 1. The van der Waals surface area contributed by atoms with E-state index in [0.29, 0.717) is 6.04 Å². The van der Waals surface area contributed by atoms with Gasteiger partial charge in [0.05, 0.1) is 11.7 Å². The number of aryl methyl sites for hydroxylation is 2. The van der Waals surface area contributed by atoms with Crippen molar-refractivity contribution in [3.8, 4) is 0 Å². The van der Waals surface area contributed by atoms with E-state index in [1.54, 1.807) is 0 Å². The van der Waals surface area contributed by atoms with Gasteiger partial charge >= 0.3 is 0 Å². The van der Waals surface area contributed by atoms with Gasteiger partial charge in [-0.3, -0.25) is 4.68 Å². The fourth-order valence-electron chi connectivity index (χ4n) is 1.86. The van der Waals surface area contributed by atoms with Crippen molar-refractivity contribution in [1.29, 1.82) is 0 Å². The fourth-order valence-corrected chi connectivity index (χ4v) is 1.86. The number of aromatic nitrogens is 2. The molecule has 3 heteroatoms. The lowest BCUT2D eigenvalue weighted by Crippen LogP contribution is -2.26.